The van der Waals surface area contributed by atoms with Crippen LogP contribution >= 0.6 is 11.6 Å². The normalized spacial score (nSPS) is 18.7. The van der Waals surface area contributed by atoms with Crippen molar-refractivity contribution in [3.05, 3.63) is 64.7 Å². The number of rotatable bonds is 4. The highest BCUT2D eigenvalue weighted by Crippen LogP contribution is 2.36. The molecule has 1 aliphatic rings. The largest absolute Gasteiger partial charge is 0.488 e. The smallest absolute Gasteiger partial charge is 0.138 e. The topological polar surface area (TPSA) is 21.3 Å². The van der Waals surface area contributed by atoms with Gasteiger partial charge in [-0.15, -0.1) is 0 Å². The second-order valence-electron chi connectivity index (χ2n) is 6.72. The molecule has 0 spiro atoms. The maximum Gasteiger partial charge on any atom is 0.138 e. The summed E-state index contributed by atoms with van der Waals surface area (Å²) in [6, 6.07) is 16.7. The van der Waals surface area contributed by atoms with Crippen LogP contribution in [0.5, 0.6) is 5.75 Å². The molecule has 2 aromatic rings. The molecular formula is C20H24ClNO. The molecule has 0 saturated carbocycles. The number of halogens is 1. The van der Waals surface area contributed by atoms with Crippen LogP contribution in [-0.4, -0.2) is 19.2 Å². The Hall–Kier alpha value is -1.51. The summed E-state index contributed by atoms with van der Waals surface area (Å²) in [5, 5.41) is 4.06. The van der Waals surface area contributed by atoms with E-state index in [1.54, 1.807) is 0 Å². The molecule has 2 nitrogen and oxygen atoms in total. The summed E-state index contributed by atoms with van der Waals surface area (Å²) in [5.74, 6) is 0.785. The van der Waals surface area contributed by atoms with Crippen molar-refractivity contribution in [2.24, 2.45) is 0 Å². The lowest BCUT2D eigenvalue weighted by molar-refractivity contribution is 0.167. The maximum absolute atomic E-state index is 6.50. The Morgan fingerprint density at radius 2 is 1.87 bits per heavy atom. The van der Waals surface area contributed by atoms with Gasteiger partial charge in [0.1, 0.15) is 11.9 Å². The molecule has 1 saturated heterocycles. The van der Waals surface area contributed by atoms with Crippen LogP contribution in [-0.2, 0) is 5.41 Å². The number of hydrogen-bond donors (Lipinski definition) is 1. The second-order valence-corrected chi connectivity index (χ2v) is 7.13. The average molecular weight is 330 g/mol. The van der Waals surface area contributed by atoms with Crippen molar-refractivity contribution in [1.29, 1.82) is 0 Å². The standard InChI is InChI=1S/C20H24ClNO/c1-20(2,15-7-4-3-5-8-15)16-10-11-19(18(21)13-16)23-17-9-6-12-22-14-17/h3-5,7-8,10-11,13,17,22H,6,9,12,14H2,1-2H3. The molecular weight excluding hydrogens is 306 g/mol. The van der Waals surface area contributed by atoms with E-state index < -0.39 is 0 Å². The Labute approximate surface area is 143 Å². The lowest BCUT2D eigenvalue weighted by atomic mass is 9.78. The monoisotopic (exact) mass is 329 g/mol. The molecule has 3 heteroatoms. The first-order valence-electron chi connectivity index (χ1n) is 8.30. The van der Waals surface area contributed by atoms with E-state index in [9.17, 15) is 0 Å². The van der Waals surface area contributed by atoms with E-state index in [4.69, 9.17) is 16.3 Å². The van der Waals surface area contributed by atoms with E-state index in [-0.39, 0.29) is 11.5 Å². The summed E-state index contributed by atoms with van der Waals surface area (Å²) < 4.78 is 6.07. The quantitative estimate of drug-likeness (QED) is 0.870. The van der Waals surface area contributed by atoms with Gasteiger partial charge in [-0.05, 0) is 42.6 Å². The minimum absolute atomic E-state index is 0.0875. The second kappa shape index (κ2) is 6.94. The van der Waals surface area contributed by atoms with Gasteiger partial charge in [0.05, 0.1) is 5.02 Å². The van der Waals surface area contributed by atoms with E-state index in [2.05, 4.69) is 49.5 Å². The Balaban J connectivity index is 1.81. The zero-order chi connectivity index (χ0) is 16.3. The molecule has 0 radical (unpaired) electrons. The van der Waals surface area contributed by atoms with E-state index in [1.807, 2.05) is 18.2 Å². The van der Waals surface area contributed by atoms with Crippen LogP contribution in [0.25, 0.3) is 0 Å². The molecule has 0 bridgehead atoms. The molecule has 1 heterocycles. The van der Waals surface area contributed by atoms with Gasteiger partial charge < -0.3 is 10.1 Å². The maximum atomic E-state index is 6.50. The first kappa shape index (κ1) is 16.4. The molecule has 3 rings (SSSR count). The van der Waals surface area contributed by atoms with Crippen LogP contribution in [0.2, 0.25) is 5.02 Å². The van der Waals surface area contributed by atoms with Crippen LogP contribution in [0.3, 0.4) is 0 Å². The van der Waals surface area contributed by atoms with Gasteiger partial charge in [0.25, 0.3) is 0 Å². The van der Waals surface area contributed by atoms with Gasteiger partial charge in [0.15, 0.2) is 0 Å². The molecule has 1 atom stereocenters. The van der Waals surface area contributed by atoms with Crippen molar-refractivity contribution in [3.63, 3.8) is 0 Å². The highest BCUT2D eigenvalue weighted by Gasteiger charge is 2.24. The lowest BCUT2D eigenvalue weighted by Crippen LogP contribution is -2.37. The van der Waals surface area contributed by atoms with Crippen LogP contribution in [0, 0.1) is 0 Å². The van der Waals surface area contributed by atoms with Crippen molar-refractivity contribution in [3.8, 4) is 5.75 Å². The Morgan fingerprint density at radius 3 is 2.52 bits per heavy atom. The molecule has 23 heavy (non-hydrogen) atoms. The molecule has 1 fully saturated rings. The van der Waals surface area contributed by atoms with Gasteiger partial charge in [-0.25, -0.2) is 0 Å². The minimum Gasteiger partial charge on any atom is -0.488 e. The zero-order valence-electron chi connectivity index (χ0n) is 13.8. The zero-order valence-corrected chi connectivity index (χ0v) is 14.6. The number of benzene rings is 2. The predicted octanol–water partition coefficient (Wildman–Crippen LogP) is 4.80. The van der Waals surface area contributed by atoms with Gasteiger partial charge in [-0.3, -0.25) is 0 Å². The first-order chi connectivity index (χ1) is 11.1. The van der Waals surface area contributed by atoms with Gasteiger partial charge in [0.2, 0.25) is 0 Å². The van der Waals surface area contributed by atoms with Crippen molar-refractivity contribution < 1.29 is 4.74 Å². The summed E-state index contributed by atoms with van der Waals surface area (Å²) in [5.41, 5.74) is 2.39. The lowest BCUT2D eigenvalue weighted by Gasteiger charge is -2.28. The van der Waals surface area contributed by atoms with Crippen LogP contribution in [0.4, 0.5) is 0 Å². The molecule has 1 unspecified atom stereocenters. The van der Waals surface area contributed by atoms with E-state index in [0.717, 1.165) is 31.7 Å². The fourth-order valence-electron chi connectivity index (χ4n) is 3.11. The summed E-state index contributed by atoms with van der Waals surface area (Å²) >= 11 is 6.50. The molecule has 0 amide bonds. The third-order valence-corrected chi connectivity index (χ3v) is 4.99. The van der Waals surface area contributed by atoms with E-state index >= 15 is 0 Å². The third-order valence-electron chi connectivity index (χ3n) is 4.69. The van der Waals surface area contributed by atoms with Gasteiger partial charge in [-0.2, -0.15) is 0 Å². The average Bonchev–Trinajstić information content (AvgIpc) is 2.58. The van der Waals surface area contributed by atoms with E-state index in [1.165, 1.54) is 11.1 Å². The van der Waals surface area contributed by atoms with Crippen molar-refractivity contribution in [1.82, 2.24) is 5.32 Å². The predicted molar refractivity (Wildman–Crippen MR) is 96.5 cm³/mol. The Kier molecular flexibility index (Phi) is 4.93. The van der Waals surface area contributed by atoms with E-state index in [0.29, 0.717) is 5.02 Å². The van der Waals surface area contributed by atoms with Gasteiger partial charge in [0, 0.05) is 12.0 Å². The molecule has 0 aromatic heterocycles. The first-order valence-corrected chi connectivity index (χ1v) is 8.68. The van der Waals surface area contributed by atoms with Gasteiger partial charge in [-0.1, -0.05) is 61.8 Å². The van der Waals surface area contributed by atoms with Crippen LogP contribution in [0.15, 0.2) is 48.5 Å². The third kappa shape index (κ3) is 3.70. The molecule has 1 aliphatic heterocycles. The highest BCUT2D eigenvalue weighted by atomic mass is 35.5. The van der Waals surface area contributed by atoms with Crippen molar-refractivity contribution in [2.75, 3.05) is 13.1 Å². The molecule has 122 valence electrons. The fraction of sp³-hybridized carbons (Fsp3) is 0.400. The van der Waals surface area contributed by atoms with Crippen LogP contribution in [0.1, 0.15) is 37.8 Å². The van der Waals surface area contributed by atoms with Crippen molar-refractivity contribution >= 4 is 11.6 Å². The molecule has 0 aliphatic carbocycles. The fourth-order valence-corrected chi connectivity index (χ4v) is 3.33. The summed E-state index contributed by atoms with van der Waals surface area (Å²) in [6.45, 7) is 6.42. The summed E-state index contributed by atoms with van der Waals surface area (Å²) in [6.07, 6.45) is 2.45. The summed E-state index contributed by atoms with van der Waals surface area (Å²) in [7, 11) is 0. The Morgan fingerprint density at radius 1 is 1.09 bits per heavy atom. The molecule has 1 N–H and O–H groups in total. The Bertz CT molecular complexity index is 648. The molecule has 2 aromatic carbocycles. The van der Waals surface area contributed by atoms with Gasteiger partial charge >= 0.3 is 0 Å². The highest BCUT2D eigenvalue weighted by molar-refractivity contribution is 6.32. The number of nitrogens with one attached hydrogen (secondary N) is 1. The number of hydrogen-bond acceptors (Lipinski definition) is 2. The van der Waals surface area contributed by atoms with Crippen molar-refractivity contribution in [2.45, 2.75) is 38.2 Å². The minimum atomic E-state index is -0.0875. The van der Waals surface area contributed by atoms with Crippen LogP contribution < -0.4 is 10.1 Å². The SMILES string of the molecule is CC(C)(c1ccccc1)c1ccc(OC2CCCNC2)c(Cl)c1. The number of ether oxygens (including phenoxy) is 1. The number of piperidine rings is 1. The summed E-state index contributed by atoms with van der Waals surface area (Å²) in [4.78, 5) is 0.